The van der Waals surface area contributed by atoms with Gasteiger partial charge in [-0.3, -0.25) is 9.10 Å². The van der Waals surface area contributed by atoms with Crippen LogP contribution >= 0.6 is 0 Å². The minimum Gasteiger partial charge on any atom is -0.350 e. The lowest BCUT2D eigenvalue weighted by atomic mass is 10.2. The zero-order valence-electron chi connectivity index (χ0n) is 16.2. The Labute approximate surface area is 174 Å². The van der Waals surface area contributed by atoms with Crippen LogP contribution in [0.2, 0.25) is 0 Å². The van der Waals surface area contributed by atoms with Crippen LogP contribution in [0.1, 0.15) is 11.1 Å². The second-order valence-corrected chi connectivity index (χ2v) is 8.54. The van der Waals surface area contributed by atoms with E-state index in [1.54, 1.807) is 12.1 Å². The maximum atomic E-state index is 14.4. The van der Waals surface area contributed by atoms with Gasteiger partial charge >= 0.3 is 0 Å². The summed E-state index contributed by atoms with van der Waals surface area (Å²) >= 11 is 0. The summed E-state index contributed by atoms with van der Waals surface area (Å²) in [5, 5.41) is 2.58. The molecule has 1 N–H and O–H groups in total. The molecule has 0 fully saturated rings. The number of para-hydroxylation sites is 1. The van der Waals surface area contributed by atoms with E-state index in [0.717, 1.165) is 15.9 Å². The number of carbonyl (C=O) groups is 1. The predicted octanol–water partition coefficient (Wildman–Crippen LogP) is 3.78. The molecule has 8 heteroatoms. The first-order chi connectivity index (χ1) is 14.3. The van der Waals surface area contributed by atoms with Crippen LogP contribution in [0.3, 0.4) is 0 Å². The van der Waals surface area contributed by atoms with Gasteiger partial charge in [0.15, 0.2) is 0 Å². The molecule has 156 valence electrons. The minimum absolute atomic E-state index is 0.0531. The van der Waals surface area contributed by atoms with Gasteiger partial charge in [-0.2, -0.15) is 0 Å². The first-order valence-corrected chi connectivity index (χ1v) is 10.6. The highest BCUT2D eigenvalue weighted by Gasteiger charge is 2.29. The van der Waals surface area contributed by atoms with Gasteiger partial charge in [0.05, 0.1) is 10.6 Å². The van der Waals surface area contributed by atoms with Crippen molar-refractivity contribution >= 4 is 21.6 Å². The Morgan fingerprint density at radius 3 is 2.20 bits per heavy atom. The summed E-state index contributed by atoms with van der Waals surface area (Å²) in [5.41, 5.74) is 1.28. The number of sulfonamides is 1. The maximum absolute atomic E-state index is 14.4. The molecule has 0 heterocycles. The molecule has 3 rings (SSSR count). The molecule has 0 aromatic heterocycles. The molecule has 1 amide bonds. The average Bonchev–Trinajstić information content (AvgIpc) is 2.72. The van der Waals surface area contributed by atoms with Crippen LogP contribution in [0.4, 0.5) is 14.5 Å². The van der Waals surface area contributed by atoms with E-state index in [4.69, 9.17) is 0 Å². The molecule has 0 atom stereocenters. The Balaban J connectivity index is 1.86. The van der Waals surface area contributed by atoms with E-state index in [9.17, 15) is 22.0 Å². The third kappa shape index (κ3) is 5.01. The average molecular weight is 430 g/mol. The van der Waals surface area contributed by atoms with Gasteiger partial charge in [-0.05, 0) is 48.9 Å². The van der Waals surface area contributed by atoms with Crippen LogP contribution in [0.25, 0.3) is 0 Å². The van der Waals surface area contributed by atoms with Crippen LogP contribution < -0.4 is 9.62 Å². The van der Waals surface area contributed by atoms with Crippen molar-refractivity contribution in [2.75, 3.05) is 10.8 Å². The lowest BCUT2D eigenvalue weighted by Gasteiger charge is -2.24. The Bertz CT molecular complexity index is 1130. The summed E-state index contributed by atoms with van der Waals surface area (Å²) in [6, 6.07) is 17.0. The van der Waals surface area contributed by atoms with E-state index < -0.39 is 34.1 Å². The van der Waals surface area contributed by atoms with Gasteiger partial charge in [0.25, 0.3) is 10.0 Å². The highest BCUT2D eigenvalue weighted by molar-refractivity contribution is 7.92. The summed E-state index contributed by atoms with van der Waals surface area (Å²) in [6.07, 6.45) is 0. The second-order valence-electron chi connectivity index (χ2n) is 6.68. The fourth-order valence-electron chi connectivity index (χ4n) is 2.78. The number of nitrogens with one attached hydrogen (secondary N) is 1. The number of anilines is 1. The van der Waals surface area contributed by atoms with Crippen molar-refractivity contribution in [3.8, 4) is 0 Å². The standard InChI is InChI=1S/C22H20F2N2O3S/c1-16-6-12-19(13-7-16)30(28,29)26(21-5-3-2-4-20(21)24)15-22(27)25-14-17-8-10-18(23)11-9-17/h2-13H,14-15H2,1H3,(H,25,27). The van der Waals surface area contributed by atoms with Crippen molar-refractivity contribution < 1.29 is 22.0 Å². The van der Waals surface area contributed by atoms with Crippen molar-refractivity contribution in [3.05, 3.63) is 95.6 Å². The van der Waals surface area contributed by atoms with Gasteiger partial charge in [-0.1, -0.05) is 42.0 Å². The summed E-state index contributed by atoms with van der Waals surface area (Å²) in [6.45, 7) is 1.28. The summed E-state index contributed by atoms with van der Waals surface area (Å²) in [7, 11) is -4.19. The van der Waals surface area contributed by atoms with Crippen molar-refractivity contribution in [1.29, 1.82) is 0 Å². The molecule has 0 aliphatic rings. The zero-order valence-corrected chi connectivity index (χ0v) is 17.0. The molecule has 0 aliphatic heterocycles. The number of carbonyl (C=O) groups excluding carboxylic acids is 1. The number of hydrogen-bond acceptors (Lipinski definition) is 3. The van der Waals surface area contributed by atoms with E-state index in [2.05, 4.69) is 5.32 Å². The molecule has 3 aromatic carbocycles. The van der Waals surface area contributed by atoms with Gasteiger partial charge < -0.3 is 5.32 Å². The van der Waals surface area contributed by atoms with Crippen LogP contribution in [0.5, 0.6) is 0 Å². The third-order valence-corrected chi connectivity index (χ3v) is 6.19. The molecule has 5 nitrogen and oxygen atoms in total. The van der Waals surface area contributed by atoms with Crippen LogP contribution in [0, 0.1) is 18.6 Å². The van der Waals surface area contributed by atoms with E-state index in [1.807, 2.05) is 6.92 Å². The molecule has 0 aliphatic carbocycles. The number of rotatable bonds is 7. The molecule has 0 saturated carbocycles. The second kappa shape index (κ2) is 9.04. The lowest BCUT2D eigenvalue weighted by Crippen LogP contribution is -2.41. The molecule has 0 radical (unpaired) electrons. The Morgan fingerprint density at radius 1 is 0.933 bits per heavy atom. The van der Waals surface area contributed by atoms with Gasteiger partial charge in [0.1, 0.15) is 18.2 Å². The number of amides is 1. The normalized spacial score (nSPS) is 11.2. The Morgan fingerprint density at radius 2 is 1.57 bits per heavy atom. The quantitative estimate of drug-likeness (QED) is 0.620. The number of hydrogen-bond donors (Lipinski definition) is 1. The Kier molecular flexibility index (Phi) is 6.47. The SMILES string of the molecule is Cc1ccc(S(=O)(=O)N(CC(=O)NCc2ccc(F)cc2)c2ccccc2F)cc1. The first-order valence-electron chi connectivity index (χ1n) is 9.12. The van der Waals surface area contributed by atoms with Gasteiger partial charge in [-0.15, -0.1) is 0 Å². The number of nitrogens with zero attached hydrogens (tertiary/aromatic N) is 1. The first kappa shape index (κ1) is 21.4. The zero-order chi connectivity index (χ0) is 21.7. The third-order valence-electron chi connectivity index (χ3n) is 4.42. The van der Waals surface area contributed by atoms with E-state index in [1.165, 1.54) is 54.6 Å². The molecular weight excluding hydrogens is 410 g/mol. The lowest BCUT2D eigenvalue weighted by molar-refractivity contribution is -0.119. The molecule has 30 heavy (non-hydrogen) atoms. The van der Waals surface area contributed by atoms with Crippen molar-refractivity contribution in [1.82, 2.24) is 5.32 Å². The largest absolute Gasteiger partial charge is 0.350 e. The van der Waals surface area contributed by atoms with Crippen molar-refractivity contribution in [3.63, 3.8) is 0 Å². The summed E-state index contributed by atoms with van der Waals surface area (Å²) in [5.74, 6) is -1.79. The highest BCUT2D eigenvalue weighted by Crippen LogP contribution is 2.26. The summed E-state index contributed by atoms with van der Waals surface area (Å²) in [4.78, 5) is 12.4. The molecule has 0 saturated heterocycles. The molecular formula is C22H20F2N2O3S. The van der Waals surface area contributed by atoms with Gasteiger partial charge in [0.2, 0.25) is 5.91 Å². The molecule has 0 bridgehead atoms. The van der Waals surface area contributed by atoms with Crippen LogP contribution in [-0.4, -0.2) is 20.9 Å². The van der Waals surface area contributed by atoms with E-state index in [0.29, 0.717) is 5.56 Å². The van der Waals surface area contributed by atoms with Gasteiger partial charge in [0, 0.05) is 6.54 Å². The smallest absolute Gasteiger partial charge is 0.264 e. The van der Waals surface area contributed by atoms with Gasteiger partial charge in [-0.25, -0.2) is 17.2 Å². The predicted molar refractivity (Wildman–Crippen MR) is 110 cm³/mol. The monoisotopic (exact) mass is 430 g/mol. The number of aryl methyl sites for hydroxylation is 1. The molecule has 3 aromatic rings. The molecule has 0 spiro atoms. The maximum Gasteiger partial charge on any atom is 0.264 e. The van der Waals surface area contributed by atoms with Crippen molar-refractivity contribution in [2.45, 2.75) is 18.4 Å². The number of halogens is 2. The van der Waals surface area contributed by atoms with Crippen LogP contribution in [-0.2, 0) is 21.4 Å². The fraction of sp³-hybridized carbons (Fsp3) is 0.136. The van der Waals surface area contributed by atoms with Crippen LogP contribution in [0.15, 0.2) is 77.7 Å². The van der Waals surface area contributed by atoms with Crippen molar-refractivity contribution in [2.24, 2.45) is 0 Å². The van der Waals surface area contributed by atoms with E-state index >= 15 is 0 Å². The molecule has 0 unspecified atom stereocenters. The summed E-state index contributed by atoms with van der Waals surface area (Å²) < 4.78 is 54.5. The fourth-order valence-corrected chi connectivity index (χ4v) is 4.21. The minimum atomic E-state index is -4.19. The number of benzene rings is 3. The van der Waals surface area contributed by atoms with E-state index in [-0.39, 0.29) is 17.1 Å². The Hall–Kier alpha value is -3.26. The highest BCUT2D eigenvalue weighted by atomic mass is 32.2. The topological polar surface area (TPSA) is 66.5 Å².